The van der Waals surface area contributed by atoms with Crippen LogP contribution in [-0.2, 0) is 9.84 Å². The van der Waals surface area contributed by atoms with E-state index in [2.05, 4.69) is 19.2 Å². The van der Waals surface area contributed by atoms with Gasteiger partial charge in [-0.05, 0) is 26.2 Å². The molecule has 13 heavy (non-hydrogen) atoms. The monoisotopic (exact) mass is 205 g/mol. The van der Waals surface area contributed by atoms with E-state index in [1.165, 1.54) is 0 Å². The molecule has 1 fully saturated rings. The Bertz CT molecular complexity index is 234. The van der Waals surface area contributed by atoms with Gasteiger partial charge in [-0.1, -0.05) is 6.92 Å². The summed E-state index contributed by atoms with van der Waals surface area (Å²) in [5.41, 5.74) is 0. The van der Waals surface area contributed by atoms with Gasteiger partial charge in [0.15, 0.2) is 0 Å². The maximum atomic E-state index is 11.1. The molecule has 4 heteroatoms. The van der Waals surface area contributed by atoms with E-state index in [9.17, 15) is 8.42 Å². The standard InChI is InChI=1S/C9H19NO2S/c1-3-8(2)10-9-4-6-13(11,12)7-5-9/h8-10H,3-7H2,1-2H3. The van der Waals surface area contributed by atoms with Crippen LogP contribution in [0.3, 0.4) is 0 Å². The second-order valence-electron chi connectivity index (χ2n) is 3.90. The van der Waals surface area contributed by atoms with Crippen molar-refractivity contribution < 1.29 is 8.42 Å². The fourth-order valence-electron chi connectivity index (χ4n) is 1.58. The molecule has 1 unspecified atom stereocenters. The first-order valence-corrected chi connectivity index (χ1v) is 6.82. The van der Waals surface area contributed by atoms with Gasteiger partial charge in [0, 0.05) is 12.1 Å². The smallest absolute Gasteiger partial charge is 0.150 e. The summed E-state index contributed by atoms with van der Waals surface area (Å²) < 4.78 is 22.2. The van der Waals surface area contributed by atoms with Crippen LogP contribution in [0, 0.1) is 0 Å². The molecule has 1 heterocycles. The minimum Gasteiger partial charge on any atom is -0.311 e. The van der Waals surface area contributed by atoms with Gasteiger partial charge in [-0.2, -0.15) is 0 Å². The molecule has 0 saturated carbocycles. The average molecular weight is 205 g/mol. The highest BCUT2D eigenvalue weighted by Gasteiger charge is 2.23. The summed E-state index contributed by atoms with van der Waals surface area (Å²) in [7, 11) is -2.70. The van der Waals surface area contributed by atoms with Gasteiger partial charge in [-0.15, -0.1) is 0 Å². The predicted molar refractivity (Wildman–Crippen MR) is 54.6 cm³/mol. The number of hydrogen-bond donors (Lipinski definition) is 1. The summed E-state index contributed by atoms with van der Waals surface area (Å²) in [5, 5.41) is 3.44. The molecule has 1 saturated heterocycles. The zero-order valence-electron chi connectivity index (χ0n) is 8.41. The Labute approximate surface area is 80.8 Å². The summed E-state index contributed by atoms with van der Waals surface area (Å²) in [6.07, 6.45) is 2.67. The van der Waals surface area contributed by atoms with Crippen molar-refractivity contribution in [3.8, 4) is 0 Å². The zero-order chi connectivity index (χ0) is 9.90. The summed E-state index contributed by atoms with van der Waals surface area (Å²) >= 11 is 0. The molecule has 3 nitrogen and oxygen atoms in total. The Hall–Kier alpha value is -0.0900. The Kier molecular flexibility index (Phi) is 3.74. The topological polar surface area (TPSA) is 46.2 Å². The number of rotatable bonds is 3. The lowest BCUT2D eigenvalue weighted by molar-refractivity contribution is 0.407. The quantitative estimate of drug-likeness (QED) is 0.746. The Morgan fingerprint density at radius 2 is 1.92 bits per heavy atom. The Morgan fingerprint density at radius 3 is 2.38 bits per heavy atom. The highest BCUT2D eigenvalue weighted by Crippen LogP contribution is 2.12. The highest BCUT2D eigenvalue weighted by molar-refractivity contribution is 7.91. The van der Waals surface area contributed by atoms with Gasteiger partial charge < -0.3 is 5.32 Å². The van der Waals surface area contributed by atoms with Gasteiger partial charge in [0.25, 0.3) is 0 Å². The molecule has 0 amide bonds. The molecule has 1 aliphatic heterocycles. The van der Waals surface area contributed by atoms with Crippen molar-refractivity contribution in [3.05, 3.63) is 0 Å². The largest absolute Gasteiger partial charge is 0.311 e. The van der Waals surface area contributed by atoms with Crippen molar-refractivity contribution in [1.29, 1.82) is 0 Å². The van der Waals surface area contributed by atoms with Gasteiger partial charge in [0.2, 0.25) is 0 Å². The Morgan fingerprint density at radius 1 is 1.38 bits per heavy atom. The summed E-state index contributed by atoms with van der Waals surface area (Å²) in [5.74, 6) is 0.724. The van der Waals surface area contributed by atoms with Gasteiger partial charge in [-0.3, -0.25) is 0 Å². The van der Waals surface area contributed by atoms with Gasteiger partial charge in [0.1, 0.15) is 9.84 Å². The minimum absolute atomic E-state index is 0.362. The molecule has 0 aliphatic carbocycles. The second kappa shape index (κ2) is 4.42. The lowest BCUT2D eigenvalue weighted by Gasteiger charge is -2.26. The number of sulfone groups is 1. The molecule has 0 spiro atoms. The third-order valence-corrected chi connectivity index (χ3v) is 4.40. The van der Waals surface area contributed by atoms with Crippen LogP contribution >= 0.6 is 0 Å². The lowest BCUT2D eigenvalue weighted by Crippen LogP contribution is -2.41. The second-order valence-corrected chi connectivity index (χ2v) is 6.21. The molecule has 0 aromatic heterocycles. The van der Waals surface area contributed by atoms with Gasteiger partial charge in [-0.25, -0.2) is 8.42 Å². The average Bonchev–Trinajstić information content (AvgIpc) is 2.08. The normalized spacial score (nSPS) is 25.7. The number of nitrogens with one attached hydrogen (secondary N) is 1. The molecule has 0 aromatic carbocycles. The van der Waals surface area contributed by atoms with Crippen molar-refractivity contribution in [3.63, 3.8) is 0 Å². The van der Waals surface area contributed by atoms with Crippen LogP contribution < -0.4 is 5.32 Å². The van der Waals surface area contributed by atoms with Gasteiger partial charge in [0.05, 0.1) is 11.5 Å². The van der Waals surface area contributed by atoms with Crippen molar-refractivity contribution in [2.45, 2.75) is 45.2 Å². The third-order valence-electron chi connectivity index (χ3n) is 2.69. The van der Waals surface area contributed by atoms with Crippen LogP contribution in [-0.4, -0.2) is 32.0 Å². The molecular formula is C9H19NO2S. The fraction of sp³-hybridized carbons (Fsp3) is 1.00. The van der Waals surface area contributed by atoms with Crippen LogP contribution in [0.25, 0.3) is 0 Å². The van der Waals surface area contributed by atoms with Gasteiger partial charge >= 0.3 is 0 Å². The maximum absolute atomic E-state index is 11.1. The third kappa shape index (κ3) is 3.65. The van der Waals surface area contributed by atoms with E-state index in [-0.39, 0.29) is 0 Å². The van der Waals surface area contributed by atoms with Crippen molar-refractivity contribution in [2.75, 3.05) is 11.5 Å². The van der Waals surface area contributed by atoms with Crippen molar-refractivity contribution in [2.24, 2.45) is 0 Å². The summed E-state index contributed by atoms with van der Waals surface area (Å²) in [6, 6.07) is 0.921. The van der Waals surface area contributed by atoms with Crippen LogP contribution in [0.2, 0.25) is 0 Å². The minimum atomic E-state index is -2.70. The van der Waals surface area contributed by atoms with Crippen molar-refractivity contribution >= 4 is 9.84 Å². The molecule has 0 bridgehead atoms. The zero-order valence-corrected chi connectivity index (χ0v) is 9.23. The van der Waals surface area contributed by atoms with E-state index in [1.807, 2.05) is 0 Å². The first-order chi connectivity index (χ1) is 6.03. The summed E-state index contributed by atoms with van der Waals surface area (Å²) in [4.78, 5) is 0. The van der Waals surface area contributed by atoms with E-state index >= 15 is 0 Å². The molecule has 1 N–H and O–H groups in total. The predicted octanol–water partition coefficient (Wildman–Crippen LogP) is 0.952. The van der Waals surface area contributed by atoms with Crippen LogP contribution in [0.5, 0.6) is 0 Å². The molecule has 1 aliphatic rings. The van der Waals surface area contributed by atoms with E-state index < -0.39 is 9.84 Å². The maximum Gasteiger partial charge on any atom is 0.150 e. The Balaban J connectivity index is 2.33. The van der Waals surface area contributed by atoms with E-state index in [4.69, 9.17) is 0 Å². The van der Waals surface area contributed by atoms with Crippen LogP contribution in [0.15, 0.2) is 0 Å². The van der Waals surface area contributed by atoms with Crippen LogP contribution in [0.4, 0.5) is 0 Å². The van der Waals surface area contributed by atoms with E-state index in [1.54, 1.807) is 0 Å². The molecule has 1 rings (SSSR count). The first-order valence-electron chi connectivity index (χ1n) is 5.00. The molecule has 0 radical (unpaired) electrons. The summed E-state index contributed by atoms with van der Waals surface area (Å²) in [6.45, 7) is 4.28. The molecule has 0 aromatic rings. The molecule has 1 atom stereocenters. The fourth-order valence-corrected chi connectivity index (χ4v) is 3.07. The molecule has 78 valence electrons. The highest BCUT2D eigenvalue weighted by atomic mass is 32.2. The lowest BCUT2D eigenvalue weighted by atomic mass is 10.1. The SMILES string of the molecule is CCC(C)NC1CCS(=O)(=O)CC1. The number of hydrogen-bond acceptors (Lipinski definition) is 3. The van der Waals surface area contributed by atoms with Crippen LogP contribution in [0.1, 0.15) is 33.1 Å². The van der Waals surface area contributed by atoms with E-state index in [0.29, 0.717) is 23.6 Å². The molecular weight excluding hydrogens is 186 g/mol. The first kappa shape index (κ1) is 11.0. The van der Waals surface area contributed by atoms with Crippen molar-refractivity contribution in [1.82, 2.24) is 5.32 Å². The van der Waals surface area contributed by atoms with E-state index in [0.717, 1.165) is 19.3 Å².